The zero-order valence-electron chi connectivity index (χ0n) is 16.4. The monoisotopic (exact) mass is 382 g/mol. The lowest BCUT2D eigenvalue weighted by molar-refractivity contribution is 0.102. The van der Waals surface area contributed by atoms with Crippen molar-refractivity contribution in [1.82, 2.24) is 9.78 Å². The fraction of sp³-hybridized carbons (Fsp3) is 0.0833. The van der Waals surface area contributed by atoms with Gasteiger partial charge < -0.3 is 10.6 Å². The maximum absolute atomic E-state index is 12.9. The number of nitrogens with one attached hydrogen (secondary N) is 2. The van der Waals surface area contributed by atoms with Crippen LogP contribution < -0.4 is 10.6 Å². The molecule has 0 bridgehead atoms. The Morgan fingerprint density at radius 2 is 1.31 bits per heavy atom. The van der Waals surface area contributed by atoms with E-state index in [-0.39, 0.29) is 5.91 Å². The summed E-state index contributed by atoms with van der Waals surface area (Å²) >= 11 is 0. The van der Waals surface area contributed by atoms with E-state index < -0.39 is 0 Å². The van der Waals surface area contributed by atoms with Crippen LogP contribution in [0.15, 0.2) is 84.9 Å². The van der Waals surface area contributed by atoms with Gasteiger partial charge in [0.25, 0.3) is 5.91 Å². The van der Waals surface area contributed by atoms with Crippen LogP contribution in [-0.2, 0) is 0 Å². The number of carbonyl (C=O) groups excluding carboxylic acids is 1. The second-order valence-electron chi connectivity index (χ2n) is 6.82. The molecule has 0 aliphatic rings. The number of carbonyl (C=O) groups is 1. The first-order valence-corrected chi connectivity index (χ1v) is 9.47. The third-order valence-corrected chi connectivity index (χ3v) is 4.72. The molecule has 0 saturated carbocycles. The standard InChI is InChI=1S/C24H22N4O/c1-17-23(18(2)28(27-17)22-11-7-4-8-12-22)24(29)26-21-15-13-20(14-16-21)25-19-9-5-3-6-10-19/h3-16,25H,1-2H3,(H,26,29). The van der Waals surface area contributed by atoms with Crippen molar-refractivity contribution in [2.45, 2.75) is 13.8 Å². The smallest absolute Gasteiger partial charge is 0.259 e. The fourth-order valence-corrected chi connectivity index (χ4v) is 3.31. The van der Waals surface area contributed by atoms with Crippen LogP contribution in [0.3, 0.4) is 0 Å². The molecule has 1 aromatic heterocycles. The van der Waals surface area contributed by atoms with Gasteiger partial charge in [-0.05, 0) is 62.4 Å². The van der Waals surface area contributed by atoms with Gasteiger partial charge in [0.2, 0.25) is 0 Å². The minimum absolute atomic E-state index is 0.161. The molecule has 0 unspecified atom stereocenters. The average Bonchev–Trinajstić information content (AvgIpc) is 3.05. The molecule has 0 fully saturated rings. The van der Waals surface area contributed by atoms with Gasteiger partial charge in [-0.2, -0.15) is 5.10 Å². The van der Waals surface area contributed by atoms with E-state index in [1.807, 2.05) is 98.8 Å². The van der Waals surface area contributed by atoms with Crippen molar-refractivity contribution in [3.8, 4) is 5.69 Å². The van der Waals surface area contributed by atoms with Crippen molar-refractivity contribution >= 4 is 23.0 Å². The molecule has 5 nitrogen and oxygen atoms in total. The first-order valence-electron chi connectivity index (χ1n) is 9.47. The molecule has 29 heavy (non-hydrogen) atoms. The minimum Gasteiger partial charge on any atom is -0.356 e. The Kier molecular flexibility index (Phi) is 5.12. The Morgan fingerprint density at radius 1 is 0.759 bits per heavy atom. The summed E-state index contributed by atoms with van der Waals surface area (Å²) in [6, 6.07) is 27.4. The lowest BCUT2D eigenvalue weighted by Gasteiger charge is -2.09. The predicted octanol–water partition coefficient (Wildman–Crippen LogP) is 5.49. The van der Waals surface area contributed by atoms with Gasteiger partial charge >= 0.3 is 0 Å². The Morgan fingerprint density at radius 3 is 1.97 bits per heavy atom. The molecular weight excluding hydrogens is 360 g/mol. The summed E-state index contributed by atoms with van der Waals surface area (Å²) in [7, 11) is 0. The number of benzene rings is 3. The summed E-state index contributed by atoms with van der Waals surface area (Å²) in [5.41, 5.74) is 5.76. The Bertz CT molecular complexity index is 1120. The number of hydrogen-bond acceptors (Lipinski definition) is 3. The number of aromatic nitrogens is 2. The number of aryl methyl sites for hydroxylation is 1. The van der Waals surface area contributed by atoms with Crippen LogP contribution >= 0.6 is 0 Å². The van der Waals surface area contributed by atoms with Gasteiger partial charge in [-0.3, -0.25) is 4.79 Å². The molecule has 0 aliphatic carbocycles. The lowest BCUT2D eigenvalue weighted by Crippen LogP contribution is -2.14. The Balaban J connectivity index is 1.50. The topological polar surface area (TPSA) is 59.0 Å². The predicted molar refractivity (Wildman–Crippen MR) is 117 cm³/mol. The molecule has 0 atom stereocenters. The van der Waals surface area contributed by atoms with E-state index >= 15 is 0 Å². The van der Waals surface area contributed by atoms with Gasteiger partial charge in [0.05, 0.1) is 22.6 Å². The highest BCUT2D eigenvalue weighted by atomic mass is 16.1. The molecule has 5 heteroatoms. The maximum Gasteiger partial charge on any atom is 0.259 e. The molecule has 0 aliphatic heterocycles. The van der Waals surface area contributed by atoms with E-state index in [0.717, 1.165) is 28.4 Å². The molecule has 1 amide bonds. The largest absolute Gasteiger partial charge is 0.356 e. The van der Waals surface area contributed by atoms with Crippen molar-refractivity contribution in [2.75, 3.05) is 10.6 Å². The van der Waals surface area contributed by atoms with Crippen molar-refractivity contribution in [1.29, 1.82) is 0 Å². The summed E-state index contributed by atoms with van der Waals surface area (Å²) in [4.78, 5) is 12.9. The molecule has 0 spiro atoms. The molecule has 1 heterocycles. The average molecular weight is 382 g/mol. The number of amides is 1. The molecule has 0 radical (unpaired) electrons. The van der Waals surface area contributed by atoms with Crippen LogP contribution in [0.2, 0.25) is 0 Å². The minimum atomic E-state index is -0.161. The zero-order chi connectivity index (χ0) is 20.2. The maximum atomic E-state index is 12.9. The first-order chi connectivity index (χ1) is 14.1. The van der Waals surface area contributed by atoms with E-state index in [4.69, 9.17) is 0 Å². The molecular formula is C24H22N4O. The summed E-state index contributed by atoms with van der Waals surface area (Å²) in [6.07, 6.45) is 0. The van der Waals surface area contributed by atoms with Gasteiger partial charge in [-0.1, -0.05) is 36.4 Å². The van der Waals surface area contributed by atoms with E-state index in [0.29, 0.717) is 11.3 Å². The van der Waals surface area contributed by atoms with Gasteiger partial charge in [0.15, 0.2) is 0 Å². The van der Waals surface area contributed by atoms with Crippen molar-refractivity contribution < 1.29 is 4.79 Å². The fourth-order valence-electron chi connectivity index (χ4n) is 3.31. The SMILES string of the molecule is Cc1nn(-c2ccccc2)c(C)c1C(=O)Nc1ccc(Nc2ccccc2)cc1. The molecule has 4 aromatic rings. The van der Waals surface area contributed by atoms with Crippen LogP contribution in [0.5, 0.6) is 0 Å². The number of nitrogens with zero attached hydrogens (tertiary/aromatic N) is 2. The van der Waals surface area contributed by atoms with Crippen LogP contribution in [0.1, 0.15) is 21.7 Å². The summed E-state index contributed by atoms with van der Waals surface area (Å²) in [5, 5.41) is 10.9. The normalized spacial score (nSPS) is 10.6. The Labute approximate surface area is 170 Å². The number of hydrogen-bond donors (Lipinski definition) is 2. The second kappa shape index (κ2) is 8.02. The molecule has 2 N–H and O–H groups in total. The number of rotatable bonds is 5. The van der Waals surface area contributed by atoms with Crippen molar-refractivity contribution in [3.63, 3.8) is 0 Å². The third-order valence-electron chi connectivity index (χ3n) is 4.72. The third kappa shape index (κ3) is 4.04. The van der Waals surface area contributed by atoms with E-state index in [1.165, 1.54) is 0 Å². The van der Waals surface area contributed by atoms with Gasteiger partial charge in [-0.15, -0.1) is 0 Å². The lowest BCUT2D eigenvalue weighted by atomic mass is 10.1. The van der Waals surface area contributed by atoms with Gasteiger partial charge in [-0.25, -0.2) is 4.68 Å². The van der Waals surface area contributed by atoms with Crippen LogP contribution in [0.4, 0.5) is 17.1 Å². The highest BCUT2D eigenvalue weighted by Gasteiger charge is 2.19. The highest BCUT2D eigenvalue weighted by molar-refractivity contribution is 6.06. The van der Waals surface area contributed by atoms with Crippen LogP contribution in [0, 0.1) is 13.8 Å². The number of anilines is 3. The van der Waals surface area contributed by atoms with Crippen LogP contribution in [-0.4, -0.2) is 15.7 Å². The van der Waals surface area contributed by atoms with Crippen LogP contribution in [0.25, 0.3) is 5.69 Å². The van der Waals surface area contributed by atoms with E-state index in [1.54, 1.807) is 4.68 Å². The van der Waals surface area contributed by atoms with Gasteiger partial charge in [0, 0.05) is 17.1 Å². The molecule has 0 saturated heterocycles. The zero-order valence-corrected chi connectivity index (χ0v) is 16.4. The molecule has 144 valence electrons. The first kappa shape index (κ1) is 18.5. The molecule has 3 aromatic carbocycles. The van der Waals surface area contributed by atoms with Crippen molar-refractivity contribution in [2.24, 2.45) is 0 Å². The second-order valence-corrected chi connectivity index (χ2v) is 6.82. The quantitative estimate of drug-likeness (QED) is 0.480. The van der Waals surface area contributed by atoms with Gasteiger partial charge in [0.1, 0.15) is 0 Å². The highest BCUT2D eigenvalue weighted by Crippen LogP contribution is 2.22. The van der Waals surface area contributed by atoms with E-state index in [9.17, 15) is 4.79 Å². The summed E-state index contributed by atoms with van der Waals surface area (Å²) < 4.78 is 1.80. The summed E-state index contributed by atoms with van der Waals surface area (Å²) in [6.45, 7) is 3.77. The van der Waals surface area contributed by atoms with E-state index in [2.05, 4.69) is 15.7 Å². The summed E-state index contributed by atoms with van der Waals surface area (Å²) in [5.74, 6) is -0.161. The number of para-hydroxylation sites is 2. The Hall–Kier alpha value is -3.86. The van der Waals surface area contributed by atoms with Crippen molar-refractivity contribution in [3.05, 3.63) is 102 Å². The molecule has 4 rings (SSSR count).